The van der Waals surface area contributed by atoms with Crippen LogP contribution in [0, 0.1) is 0 Å². The number of nitrogens with zero attached hydrogens (tertiary/aromatic N) is 1. The Morgan fingerprint density at radius 2 is 1.82 bits per heavy atom. The SMILES string of the molecule is COc1ccc2cc(CNC[C@H]3COc4ccccc4O3)c(=O)n(Cc3ccccc3Cl)c2c1. The van der Waals surface area contributed by atoms with Crippen molar-refractivity contribution in [2.45, 2.75) is 19.2 Å². The lowest BCUT2D eigenvalue weighted by Gasteiger charge is -2.26. The van der Waals surface area contributed by atoms with E-state index in [-0.39, 0.29) is 11.7 Å². The van der Waals surface area contributed by atoms with Crippen LogP contribution in [0.3, 0.4) is 0 Å². The molecule has 0 radical (unpaired) electrons. The number of fused-ring (bicyclic) bond motifs is 2. The van der Waals surface area contributed by atoms with Crippen LogP contribution in [0.5, 0.6) is 17.2 Å². The number of aromatic nitrogens is 1. The number of halogens is 1. The Morgan fingerprint density at radius 1 is 1.03 bits per heavy atom. The molecule has 1 N–H and O–H groups in total. The third kappa shape index (κ3) is 4.60. The van der Waals surface area contributed by atoms with Crippen LogP contribution in [0.4, 0.5) is 0 Å². The van der Waals surface area contributed by atoms with Crippen molar-refractivity contribution >= 4 is 22.5 Å². The highest BCUT2D eigenvalue weighted by Crippen LogP contribution is 2.30. The molecular formula is C27H25ClN2O4. The van der Waals surface area contributed by atoms with Gasteiger partial charge in [-0.1, -0.05) is 41.9 Å². The molecule has 0 saturated carbocycles. The van der Waals surface area contributed by atoms with Crippen molar-refractivity contribution < 1.29 is 14.2 Å². The minimum Gasteiger partial charge on any atom is -0.497 e. The minimum absolute atomic E-state index is 0.0701. The van der Waals surface area contributed by atoms with Crippen molar-refractivity contribution in [3.8, 4) is 17.2 Å². The van der Waals surface area contributed by atoms with Crippen LogP contribution in [-0.2, 0) is 13.1 Å². The van der Waals surface area contributed by atoms with Gasteiger partial charge in [-0.25, -0.2) is 0 Å². The summed E-state index contributed by atoms with van der Waals surface area (Å²) in [5.74, 6) is 2.19. The lowest BCUT2D eigenvalue weighted by atomic mass is 10.1. The van der Waals surface area contributed by atoms with E-state index in [9.17, 15) is 4.79 Å². The number of hydrogen-bond donors (Lipinski definition) is 1. The van der Waals surface area contributed by atoms with Gasteiger partial charge in [0.05, 0.1) is 19.2 Å². The van der Waals surface area contributed by atoms with E-state index in [0.29, 0.717) is 42.6 Å². The predicted octanol–water partition coefficient (Wildman–Crippen LogP) is 4.64. The number of ether oxygens (including phenoxy) is 3. The second-order valence-corrected chi connectivity index (χ2v) is 8.61. The van der Waals surface area contributed by atoms with Crippen molar-refractivity contribution in [2.24, 2.45) is 0 Å². The molecule has 4 aromatic rings. The maximum atomic E-state index is 13.5. The summed E-state index contributed by atoms with van der Waals surface area (Å²) in [4.78, 5) is 13.5. The normalized spacial score (nSPS) is 14.8. The number of rotatable bonds is 7. The predicted molar refractivity (Wildman–Crippen MR) is 133 cm³/mol. The van der Waals surface area contributed by atoms with Crippen molar-refractivity contribution in [3.05, 3.63) is 99.3 Å². The van der Waals surface area contributed by atoms with Gasteiger partial charge in [-0.3, -0.25) is 4.79 Å². The molecule has 0 saturated heterocycles. The zero-order valence-corrected chi connectivity index (χ0v) is 19.5. The zero-order chi connectivity index (χ0) is 23.5. The summed E-state index contributed by atoms with van der Waals surface area (Å²) < 4.78 is 19.0. The Morgan fingerprint density at radius 3 is 2.65 bits per heavy atom. The lowest BCUT2D eigenvalue weighted by molar-refractivity contribution is 0.0902. The molecule has 7 heteroatoms. The first-order valence-electron chi connectivity index (χ1n) is 11.2. The molecule has 34 heavy (non-hydrogen) atoms. The molecule has 1 aromatic heterocycles. The third-order valence-electron chi connectivity index (χ3n) is 5.92. The quantitative estimate of drug-likeness (QED) is 0.421. The first-order valence-corrected chi connectivity index (χ1v) is 11.5. The number of benzene rings is 3. The van der Waals surface area contributed by atoms with Crippen LogP contribution in [0.1, 0.15) is 11.1 Å². The monoisotopic (exact) mass is 476 g/mol. The van der Waals surface area contributed by atoms with E-state index in [1.165, 1.54) is 0 Å². The number of para-hydroxylation sites is 2. The standard InChI is InChI=1S/C27H25ClN2O4/c1-32-21-11-10-18-12-20(14-29-15-22-17-33-25-8-4-5-9-26(25)34-22)27(31)30(24(18)13-21)16-19-6-2-3-7-23(19)28/h2-13,22,29H,14-17H2,1H3/t22-/m0/s1. The Hall–Kier alpha value is -3.48. The lowest BCUT2D eigenvalue weighted by Crippen LogP contribution is -2.39. The van der Waals surface area contributed by atoms with Gasteiger partial charge in [-0.15, -0.1) is 0 Å². The van der Waals surface area contributed by atoms with Crippen LogP contribution in [0.15, 0.2) is 77.6 Å². The molecule has 174 valence electrons. The number of pyridine rings is 1. The Bertz CT molecular complexity index is 1380. The highest BCUT2D eigenvalue weighted by Gasteiger charge is 2.20. The fourth-order valence-corrected chi connectivity index (χ4v) is 4.35. The molecule has 0 bridgehead atoms. The van der Waals surface area contributed by atoms with Gasteiger partial charge in [0.15, 0.2) is 11.5 Å². The van der Waals surface area contributed by atoms with Gasteiger partial charge in [0.2, 0.25) is 0 Å². The molecule has 5 rings (SSSR count). The Labute approximate surface area is 202 Å². The van der Waals surface area contributed by atoms with Crippen LogP contribution in [0.25, 0.3) is 10.9 Å². The first kappa shape index (κ1) is 22.3. The van der Waals surface area contributed by atoms with Crippen LogP contribution >= 0.6 is 11.6 Å². The Kier molecular flexibility index (Phi) is 6.43. The highest BCUT2D eigenvalue weighted by atomic mass is 35.5. The topological polar surface area (TPSA) is 61.7 Å². The van der Waals surface area contributed by atoms with Crippen molar-refractivity contribution in [2.75, 3.05) is 20.3 Å². The maximum absolute atomic E-state index is 13.5. The fourth-order valence-electron chi connectivity index (χ4n) is 4.15. The van der Waals surface area contributed by atoms with Gasteiger partial charge in [0.1, 0.15) is 18.5 Å². The third-order valence-corrected chi connectivity index (χ3v) is 6.29. The molecule has 6 nitrogen and oxygen atoms in total. The molecule has 0 unspecified atom stereocenters. The number of nitrogens with one attached hydrogen (secondary N) is 1. The summed E-state index contributed by atoms with van der Waals surface area (Å²) in [6, 6.07) is 22.9. The van der Waals surface area contributed by atoms with Gasteiger partial charge < -0.3 is 24.1 Å². The van der Waals surface area contributed by atoms with Crippen molar-refractivity contribution in [1.29, 1.82) is 0 Å². The van der Waals surface area contributed by atoms with Gasteiger partial charge in [0.25, 0.3) is 5.56 Å². The zero-order valence-electron chi connectivity index (χ0n) is 18.8. The van der Waals surface area contributed by atoms with E-state index in [1.54, 1.807) is 11.7 Å². The molecule has 0 aliphatic carbocycles. The summed E-state index contributed by atoms with van der Waals surface area (Å²) in [6.07, 6.45) is -0.134. The molecule has 0 spiro atoms. The van der Waals surface area contributed by atoms with Gasteiger partial charge in [-0.2, -0.15) is 0 Å². The second-order valence-electron chi connectivity index (χ2n) is 8.21. The molecule has 1 atom stereocenters. The smallest absolute Gasteiger partial charge is 0.255 e. The van der Waals surface area contributed by atoms with E-state index < -0.39 is 0 Å². The van der Waals surface area contributed by atoms with E-state index in [4.69, 9.17) is 25.8 Å². The Balaban J connectivity index is 1.40. The van der Waals surface area contributed by atoms with E-state index >= 15 is 0 Å². The summed E-state index contributed by atoms with van der Waals surface area (Å²) in [5.41, 5.74) is 2.28. The fraction of sp³-hybridized carbons (Fsp3) is 0.222. The average molecular weight is 477 g/mol. The summed E-state index contributed by atoms with van der Waals surface area (Å²) in [7, 11) is 1.62. The second kappa shape index (κ2) is 9.79. The van der Waals surface area contributed by atoms with Gasteiger partial charge >= 0.3 is 0 Å². The molecule has 2 heterocycles. The molecular weight excluding hydrogens is 452 g/mol. The van der Waals surface area contributed by atoms with Crippen molar-refractivity contribution in [1.82, 2.24) is 9.88 Å². The maximum Gasteiger partial charge on any atom is 0.255 e. The minimum atomic E-state index is -0.134. The van der Waals surface area contributed by atoms with E-state index in [2.05, 4.69) is 5.32 Å². The van der Waals surface area contributed by atoms with Gasteiger partial charge in [0, 0.05) is 29.7 Å². The number of hydrogen-bond acceptors (Lipinski definition) is 5. The van der Waals surface area contributed by atoms with Crippen LogP contribution in [0.2, 0.25) is 5.02 Å². The average Bonchev–Trinajstić information content (AvgIpc) is 2.87. The first-order chi connectivity index (χ1) is 16.6. The van der Waals surface area contributed by atoms with E-state index in [0.717, 1.165) is 28.0 Å². The van der Waals surface area contributed by atoms with Crippen LogP contribution in [-0.4, -0.2) is 30.9 Å². The highest BCUT2D eigenvalue weighted by molar-refractivity contribution is 6.31. The summed E-state index contributed by atoms with van der Waals surface area (Å²) >= 11 is 6.40. The largest absolute Gasteiger partial charge is 0.497 e. The molecule has 1 aliphatic rings. The summed E-state index contributed by atoms with van der Waals surface area (Å²) in [6.45, 7) is 1.79. The molecule has 0 fully saturated rings. The molecule has 1 aliphatic heterocycles. The van der Waals surface area contributed by atoms with Crippen molar-refractivity contribution in [3.63, 3.8) is 0 Å². The molecule has 3 aromatic carbocycles. The van der Waals surface area contributed by atoms with Gasteiger partial charge in [-0.05, 0) is 47.3 Å². The van der Waals surface area contributed by atoms with Crippen LogP contribution < -0.4 is 25.1 Å². The van der Waals surface area contributed by atoms with E-state index in [1.807, 2.05) is 72.8 Å². The summed E-state index contributed by atoms with van der Waals surface area (Å²) in [5, 5.41) is 4.95. The number of methoxy groups -OCH3 is 1. The molecule has 0 amide bonds.